The summed E-state index contributed by atoms with van der Waals surface area (Å²) in [6.45, 7) is 5.85. The largest absolute Gasteiger partial charge is 0.418 e. The number of nitrogens with one attached hydrogen (secondary N) is 1. The van der Waals surface area contributed by atoms with Crippen molar-refractivity contribution in [2.24, 2.45) is 0 Å². The van der Waals surface area contributed by atoms with Crippen LogP contribution in [0.3, 0.4) is 0 Å². The van der Waals surface area contributed by atoms with Crippen LogP contribution in [0.2, 0.25) is 0 Å². The number of hydrogen-bond donors (Lipinski definition) is 1. The van der Waals surface area contributed by atoms with Crippen molar-refractivity contribution in [3.8, 4) is 0 Å². The van der Waals surface area contributed by atoms with Gasteiger partial charge in [0, 0.05) is 30.9 Å². The van der Waals surface area contributed by atoms with E-state index in [9.17, 15) is 13.2 Å². The fraction of sp³-hybridized carbons (Fsp3) is 0.538. The summed E-state index contributed by atoms with van der Waals surface area (Å²) in [7, 11) is 0. The van der Waals surface area contributed by atoms with Crippen molar-refractivity contribution < 1.29 is 13.2 Å². The molecule has 0 radical (unpaired) electrons. The van der Waals surface area contributed by atoms with E-state index in [0.717, 1.165) is 6.07 Å². The smallest absolute Gasteiger partial charge is 0.368 e. The zero-order valence-electron chi connectivity index (χ0n) is 10.5. The minimum Gasteiger partial charge on any atom is -0.368 e. The number of alkyl halides is 3. The molecular formula is C13H17F3N2. The van der Waals surface area contributed by atoms with Crippen LogP contribution in [0.4, 0.5) is 18.9 Å². The summed E-state index contributed by atoms with van der Waals surface area (Å²) in [5.41, 5.74) is -0.445. The fourth-order valence-corrected chi connectivity index (χ4v) is 2.34. The minimum atomic E-state index is -4.30. The first kappa shape index (κ1) is 13.2. The van der Waals surface area contributed by atoms with Crippen LogP contribution in [0.15, 0.2) is 24.3 Å². The SMILES string of the molecule is CC1(C)CN(c2ccccc2C(F)(F)F)CCN1. The topological polar surface area (TPSA) is 15.3 Å². The summed E-state index contributed by atoms with van der Waals surface area (Å²) >= 11 is 0. The average molecular weight is 258 g/mol. The number of anilines is 1. The van der Waals surface area contributed by atoms with Gasteiger partial charge in [0.05, 0.1) is 5.56 Å². The fourth-order valence-electron chi connectivity index (χ4n) is 2.34. The Kier molecular flexibility index (Phi) is 3.27. The summed E-state index contributed by atoms with van der Waals surface area (Å²) in [5.74, 6) is 0. The van der Waals surface area contributed by atoms with Crippen molar-refractivity contribution in [1.29, 1.82) is 0 Å². The van der Waals surface area contributed by atoms with Crippen LogP contribution < -0.4 is 10.2 Å². The molecule has 0 unspecified atom stereocenters. The molecule has 0 amide bonds. The molecule has 1 aromatic carbocycles. The number of para-hydroxylation sites is 1. The Bertz CT molecular complexity index is 426. The van der Waals surface area contributed by atoms with Crippen molar-refractivity contribution in [3.05, 3.63) is 29.8 Å². The molecule has 1 aromatic rings. The molecular weight excluding hydrogens is 241 g/mol. The van der Waals surface area contributed by atoms with Crippen LogP contribution in [0.5, 0.6) is 0 Å². The van der Waals surface area contributed by atoms with E-state index in [-0.39, 0.29) is 11.2 Å². The third-order valence-corrected chi connectivity index (χ3v) is 3.12. The molecule has 2 rings (SSSR count). The lowest BCUT2D eigenvalue weighted by atomic mass is 10.0. The second-order valence-corrected chi connectivity index (χ2v) is 5.25. The van der Waals surface area contributed by atoms with Gasteiger partial charge in [0.25, 0.3) is 0 Å². The van der Waals surface area contributed by atoms with Gasteiger partial charge in [0.1, 0.15) is 0 Å². The Labute approximate surface area is 105 Å². The first-order chi connectivity index (χ1) is 8.30. The molecule has 0 spiro atoms. The monoisotopic (exact) mass is 258 g/mol. The second-order valence-electron chi connectivity index (χ2n) is 5.25. The van der Waals surface area contributed by atoms with Crippen LogP contribution in [-0.4, -0.2) is 25.2 Å². The highest BCUT2D eigenvalue weighted by Crippen LogP contribution is 2.37. The van der Waals surface area contributed by atoms with E-state index in [2.05, 4.69) is 5.32 Å². The predicted molar refractivity (Wildman–Crippen MR) is 65.7 cm³/mol. The molecule has 5 heteroatoms. The Balaban J connectivity index is 2.33. The summed E-state index contributed by atoms with van der Waals surface area (Å²) in [5, 5.41) is 3.29. The van der Waals surface area contributed by atoms with Crippen molar-refractivity contribution in [3.63, 3.8) is 0 Å². The maximum absolute atomic E-state index is 13.0. The quantitative estimate of drug-likeness (QED) is 0.833. The summed E-state index contributed by atoms with van der Waals surface area (Å²) in [6.07, 6.45) is -4.30. The van der Waals surface area contributed by atoms with Crippen molar-refractivity contribution in [1.82, 2.24) is 5.32 Å². The lowest BCUT2D eigenvalue weighted by molar-refractivity contribution is -0.137. The Morgan fingerprint density at radius 3 is 2.50 bits per heavy atom. The molecule has 1 aliphatic heterocycles. The van der Waals surface area contributed by atoms with Gasteiger partial charge >= 0.3 is 6.18 Å². The number of hydrogen-bond acceptors (Lipinski definition) is 2. The highest BCUT2D eigenvalue weighted by Gasteiger charge is 2.36. The van der Waals surface area contributed by atoms with Crippen LogP contribution in [0.1, 0.15) is 19.4 Å². The highest BCUT2D eigenvalue weighted by molar-refractivity contribution is 5.55. The maximum atomic E-state index is 13.0. The van der Waals surface area contributed by atoms with Gasteiger partial charge in [0.2, 0.25) is 0 Å². The third-order valence-electron chi connectivity index (χ3n) is 3.12. The molecule has 1 N–H and O–H groups in total. The molecule has 1 saturated heterocycles. The van der Waals surface area contributed by atoms with Gasteiger partial charge in [-0.15, -0.1) is 0 Å². The van der Waals surface area contributed by atoms with E-state index in [1.165, 1.54) is 6.07 Å². The van der Waals surface area contributed by atoms with Crippen molar-refractivity contribution >= 4 is 5.69 Å². The van der Waals surface area contributed by atoms with Gasteiger partial charge < -0.3 is 10.2 Å². The highest BCUT2D eigenvalue weighted by atomic mass is 19.4. The van der Waals surface area contributed by atoms with Crippen molar-refractivity contribution in [2.75, 3.05) is 24.5 Å². The van der Waals surface area contributed by atoms with Gasteiger partial charge in [-0.1, -0.05) is 12.1 Å². The zero-order chi connectivity index (χ0) is 13.4. The molecule has 0 aliphatic carbocycles. The van der Waals surface area contributed by atoms with Crippen LogP contribution in [-0.2, 0) is 6.18 Å². The van der Waals surface area contributed by atoms with Crippen LogP contribution in [0.25, 0.3) is 0 Å². The molecule has 1 aliphatic rings. The summed E-state index contributed by atoms with van der Waals surface area (Å²) in [6, 6.07) is 5.77. The Morgan fingerprint density at radius 2 is 1.89 bits per heavy atom. The Hall–Kier alpha value is -1.23. The van der Waals surface area contributed by atoms with Crippen LogP contribution in [0, 0.1) is 0 Å². The van der Waals surface area contributed by atoms with E-state index < -0.39 is 11.7 Å². The van der Waals surface area contributed by atoms with E-state index in [1.54, 1.807) is 17.0 Å². The molecule has 0 saturated carbocycles. The number of halogens is 3. The van der Waals surface area contributed by atoms with Gasteiger partial charge in [0.15, 0.2) is 0 Å². The van der Waals surface area contributed by atoms with Crippen LogP contribution >= 0.6 is 0 Å². The third kappa shape index (κ3) is 2.77. The summed E-state index contributed by atoms with van der Waals surface area (Å²) in [4.78, 5) is 1.80. The number of nitrogens with zero attached hydrogens (tertiary/aromatic N) is 1. The lowest BCUT2D eigenvalue weighted by Gasteiger charge is -2.41. The second kappa shape index (κ2) is 4.46. The molecule has 2 nitrogen and oxygen atoms in total. The van der Waals surface area contributed by atoms with Crippen molar-refractivity contribution in [2.45, 2.75) is 25.6 Å². The minimum absolute atomic E-state index is 0.170. The first-order valence-corrected chi connectivity index (χ1v) is 5.96. The molecule has 1 heterocycles. The normalized spacial score (nSPS) is 19.9. The molecule has 18 heavy (non-hydrogen) atoms. The zero-order valence-corrected chi connectivity index (χ0v) is 10.5. The number of rotatable bonds is 1. The van der Waals surface area contributed by atoms with E-state index >= 15 is 0 Å². The van der Waals surface area contributed by atoms with E-state index in [1.807, 2.05) is 13.8 Å². The molecule has 100 valence electrons. The molecule has 0 aromatic heterocycles. The predicted octanol–water partition coefficient (Wildman–Crippen LogP) is 2.89. The summed E-state index contributed by atoms with van der Waals surface area (Å²) < 4.78 is 38.9. The first-order valence-electron chi connectivity index (χ1n) is 5.96. The van der Waals surface area contributed by atoms with Gasteiger partial charge in [-0.3, -0.25) is 0 Å². The lowest BCUT2D eigenvalue weighted by Crippen LogP contribution is -2.57. The molecule has 0 bridgehead atoms. The molecule has 0 atom stereocenters. The van der Waals surface area contributed by atoms with E-state index in [0.29, 0.717) is 19.6 Å². The van der Waals surface area contributed by atoms with E-state index in [4.69, 9.17) is 0 Å². The number of benzene rings is 1. The standard InChI is InChI=1S/C13H17F3N2/c1-12(2)9-18(8-7-17-12)11-6-4-3-5-10(11)13(14,15)16/h3-6,17H,7-9H2,1-2H3. The van der Waals surface area contributed by atoms with Gasteiger partial charge in [-0.25, -0.2) is 0 Å². The number of piperazine rings is 1. The van der Waals surface area contributed by atoms with Gasteiger partial charge in [-0.05, 0) is 26.0 Å². The average Bonchev–Trinajstić information content (AvgIpc) is 2.26. The molecule has 1 fully saturated rings. The Morgan fingerprint density at radius 1 is 1.22 bits per heavy atom. The maximum Gasteiger partial charge on any atom is 0.418 e. The van der Waals surface area contributed by atoms with Gasteiger partial charge in [-0.2, -0.15) is 13.2 Å².